The largest absolute Gasteiger partial charge is 0.416 e. The van der Waals surface area contributed by atoms with Gasteiger partial charge >= 0.3 is 0 Å². The van der Waals surface area contributed by atoms with Crippen LogP contribution in [-0.2, 0) is 0 Å². The van der Waals surface area contributed by atoms with E-state index < -0.39 is 0 Å². The van der Waals surface area contributed by atoms with E-state index in [1.807, 2.05) is 48.7 Å². The van der Waals surface area contributed by atoms with Gasteiger partial charge in [0.1, 0.15) is 5.82 Å². The molecule has 24 heavy (non-hydrogen) atoms. The molecule has 0 aliphatic carbocycles. The van der Waals surface area contributed by atoms with Crippen molar-refractivity contribution in [3.8, 4) is 22.9 Å². The average molecular weight is 320 g/mol. The van der Waals surface area contributed by atoms with Gasteiger partial charge in [-0.1, -0.05) is 31.0 Å². The van der Waals surface area contributed by atoms with Gasteiger partial charge in [0.25, 0.3) is 5.89 Å². The molecule has 0 N–H and O–H groups in total. The molecule has 5 heteroatoms. The van der Waals surface area contributed by atoms with E-state index in [1.165, 1.54) is 25.7 Å². The number of aromatic nitrogens is 3. The van der Waals surface area contributed by atoms with Crippen LogP contribution in [0.3, 0.4) is 0 Å². The third-order valence-electron chi connectivity index (χ3n) is 4.37. The van der Waals surface area contributed by atoms with Gasteiger partial charge in [0.15, 0.2) is 0 Å². The number of pyridine rings is 1. The summed E-state index contributed by atoms with van der Waals surface area (Å²) in [5.41, 5.74) is 1.84. The molecule has 0 amide bonds. The summed E-state index contributed by atoms with van der Waals surface area (Å²) in [6.07, 6.45) is 6.82. The van der Waals surface area contributed by atoms with Crippen molar-refractivity contribution in [2.24, 2.45) is 0 Å². The van der Waals surface area contributed by atoms with Crippen LogP contribution in [0.1, 0.15) is 25.7 Å². The Morgan fingerprint density at radius 3 is 2.33 bits per heavy atom. The van der Waals surface area contributed by atoms with E-state index in [9.17, 15) is 0 Å². The first kappa shape index (κ1) is 14.9. The maximum atomic E-state index is 5.93. The van der Waals surface area contributed by atoms with Crippen molar-refractivity contribution in [2.45, 2.75) is 25.7 Å². The molecule has 122 valence electrons. The SMILES string of the molecule is c1ccc(-c2nnc(-c3cccnc3N3CCCCCC3)o2)cc1. The topological polar surface area (TPSA) is 55.1 Å². The van der Waals surface area contributed by atoms with Gasteiger partial charge in [-0.2, -0.15) is 0 Å². The maximum Gasteiger partial charge on any atom is 0.251 e. The zero-order valence-electron chi connectivity index (χ0n) is 13.6. The number of rotatable bonds is 3. The van der Waals surface area contributed by atoms with Crippen molar-refractivity contribution in [1.82, 2.24) is 15.2 Å². The van der Waals surface area contributed by atoms with Crippen LogP contribution in [0, 0.1) is 0 Å². The van der Waals surface area contributed by atoms with Crippen molar-refractivity contribution in [2.75, 3.05) is 18.0 Å². The van der Waals surface area contributed by atoms with Crippen LogP contribution in [0.2, 0.25) is 0 Å². The Labute approximate surface area is 141 Å². The molecule has 2 aromatic heterocycles. The fourth-order valence-corrected chi connectivity index (χ4v) is 3.13. The number of anilines is 1. The normalized spacial score (nSPS) is 15.2. The number of nitrogens with zero attached hydrogens (tertiary/aromatic N) is 4. The summed E-state index contributed by atoms with van der Waals surface area (Å²) in [5, 5.41) is 8.46. The van der Waals surface area contributed by atoms with Gasteiger partial charge in [-0.15, -0.1) is 10.2 Å². The summed E-state index contributed by atoms with van der Waals surface area (Å²) in [6, 6.07) is 13.8. The molecule has 3 aromatic rings. The molecule has 0 bridgehead atoms. The lowest BCUT2D eigenvalue weighted by molar-refractivity contribution is 0.584. The van der Waals surface area contributed by atoms with Gasteiger partial charge in [0.2, 0.25) is 5.89 Å². The summed E-state index contributed by atoms with van der Waals surface area (Å²) < 4.78 is 5.93. The van der Waals surface area contributed by atoms with Crippen LogP contribution in [0.25, 0.3) is 22.9 Å². The van der Waals surface area contributed by atoms with E-state index in [0.29, 0.717) is 11.8 Å². The van der Waals surface area contributed by atoms with Gasteiger partial charge < -0.3 is 9.32 Å². The molecule has 0 spiro atoms. The first-order chi connectivity index (χ1) is 11.9. The van der Waals surface area contributed by atoms with Crippen LogP contribution in [0.15, 0.2) is 53.1 Å². The minimum atomic E-state index is 0.529. The van der Waals surface area contributed by atoms with Gasteiger partial charge in [-0.05, 0) is 37.1 Å². The van der Waals surface area contributed by atoms with E-state index in [1.54, 1.807) is 0 Å². The van der Waals surface area contributed by atoms with Crippen molar-refractivity contribution in [1.29, 1.82) is 0 Å². The quantitative estimate of drug-likeness (QED) is 0.724. The monoisotopic (exact) mass is 320 g/mol. The summed E-state index contributed by atoms with van der Waals surface area (Å²) in [7, 11) is 0. The van der Waals surface area contributed by atoms with Crippen LogP contribution in [0.4, 0.5) is 5.82 Å². The van der Waals surface area contributed by atoms with E-state index in [0.717, 1.165) is 30.0 Å². The lowest BCUT2D eigenvalue weighted by Crippen LogP contribution is -2.25. The molecule has 0 atom stereocenters. The van der Waals surface area contributed by atoms with Crippen molar-refractivity contribution < 1.29 is 4.42 Å². The van der Waals surface area contributed by atoms with Gasteiger partial charge in [0.05, 0.1) is 5.56 Å². The van der Waals surface area contributed by atoms with E-state index in [-0.39, 0.29) is 0 Å². The predicted molar refractivity (Wildman–Crippen MR) is 93.6 cm³/mol. The highest BCUT2D eigenvalue weighted by Gasteiger charge is 2.19. The van der Waals surface area contributed by atoms with Crippen LogP contribution >= 0.6 is 0 Å². The van der Waals surface area contributed by atoms with E-state index in [2.05, 4.69) is 20.1 Å². The third-order valence-corrected chi connectivity index (χ3v) is 4.37. The summed E-state index contributed by atoms with van der Waals surface area (Å²) in [5.74, 6) is 2.01. The molecule has 1 fully saturated rings. The van der Waals surface area contributed by atoms with Crippen LogP contribution in [-0.4, -0.2) is 28.3 Å². The zero-order chi connectivity index (χ0) is 16.2. The smallest absolute Gasteiger partial charge is 0.251 e. The van der Waals surface area contributed by atoms with Crippen LogP contribution < -0.4 is 4.90 Å². The Bertz CT molecular complexity index is 792. The lowest BCUT2D eigenvalue weighted by atomic mass is 10.2. The van der Waals surface area contributed by atoms with Gasteiger partial charge in [0, 0.05) is 24.8 Å². The zero-order valence-corrected chi connectivity index (χ0v) is 13.6. The minimum Gasteiger partial charge on any atom is -0.416 e. The Morgan fingerprint density at radius 1 is 0.792 bits per heavy atom. The highest BCUT2D eigenvalue weighted by molar-refractivity contribution is 5.70. The Hall–Kier alpha value is -2.69. The fourth-order valence-electron chi connectivity index (χ4n) is 3.13. The van der Waals surface area contributed by atoms with E-state index >= 15 is 0 Å². The molecular weight excluding hydrogens is 300 g/mol. The second-order valence-electron chi connectivity index (χ2n) is 6.05. The van der Waals surface area contributed by atoms with Gasteiger partial charge in [-0.3, -0.25) is 0 Å². The Morgan fingerprint density at radius 2 is 1.54 bits per heavy atom. The predicted octanol–water partition coefficient (Wildman–Crippen LogP) is 4.18. The summed E-state index contributed by atoms with van der Waals surface area (Å²) in [6.45, 7) is 2.06. The standard InChI is InChI=1S/C19H20N4O/c1-2-7-14-23(13-6-1)17-16(11-8-12-20-17)19-22-21-18(24-19)15-9-4-3-5-10-15/h3-5,8-12H,1-2,6-7,13-14H2. The first-order valence-electron chi connectivity index (χ1n) is 8.51. The maximum absolute atomic E-state index is 5.93. The highest BCUT2D eigenvalue weighted by atomic mass is 16.4. The number of benzene rings is 1. The average Bonchev–Trinajstić information content (AvgIpc) is 2.98. The molecule has 0 saturated carbocycles. The highest BCUT2D eigenvalue weighted by Crippen LogP contribution is 2.31. The molecule has 1 saturated heterocycles. The molecular formula is C19H20N4O. The Balaban J connectivity index is 1.68. The molecule has 1 aliphatic heterocycles. The van der Waals surface area contributed by atoms with Crippen molar-refractivity contribution in [3.63, 3.8) is 0 Å². The van der Waals surface area contributed by atoms with Crippen molar-refractivity contribution in [3.05, 3.63) is 48.7 Å². The molecule has 0 radical (unpaired) electrons. The molecule has 5 nitrogen and oxygen atoms in total. The number of hydrogen-bond donors (Lipinski definition) is 0. The third kappa shape index (κ3) is 3.02. The molecule has 3 heterocycles. The number of hydrogen-bond acceptors (Lipinski definition) is 5. The minimum absolute atomic E-state index is 0.529. The summed E-state index contributed by atoms with van der Waals surface area (Å²) in [4.78, 5) is 6.94. The van der Waals surface area contributed by atoms with Gasteiger partial charge in [-0.25, -0.2) is 4.98 Å². The van der Waals surface area contributed by atoms with Crippen LogP contribution in [0.5, 0.6) is 0 Å². The Kier molecular flexibility index (Phi) is 4.23. The molecule has 1 aliphatic rings. The second-order valence-corrected chi connectivity index (χ2v) is 6.05. The lowest BCUT2D eigenvalue weighted by Gasteiger charge is -2.22. The molecule has 1 aromatic carbocycles. The molecule has 0 unspecified atom stereocenters. The van der Waals surface area contributed by atoms with E-state index in [4.69, 9.17) is 4.42 Å². The summed E-state index contributed by atoms with van der Waals surface area (Å²) >= 11 is 0. The first-order valence-corrected chi connectivity index (χ1v) is 8.51. The molecule has 4 rings (SSSR count). The fraction of sp³-hybridized carbons (Fsp3) is 0.316. The second kappa shape index (κ2) is 6.83. The van der Waals surface area contributed by atoms with Crippen molar-refractivity contribution >= 4 is 5.82 Å².